The van der Waals surface area contributed by atoms with Gasteiger partial charge in [0.1, 0.15) is 0 Å². The van der Waals surface area contributed by atoms with Gasteiger partial charge in [-0.2, -0.15) is 0 Å². The Morgan fingerprint density at radius 2 is 2.21 bits per heavy atom. The molecule has 0 aromatic heterocycles. The molecule has 102 valence electrons. The van der Waals surface area contributed by atoms with E-state index in [4.69, 9.17) is 0 Å². The summed E-state index contributed by atoms with van der Waals surface area (Å²) in [5, 5.41) is 3.38. The molecular formula is C16H22N2O. The van der Waals surface area contributed by atoms with Crippen molar-refractivity contribution in [3.63, 3.8) is 0 Å². The van der Waals surface area contributed by atoms with Crippen molar-refractivity contribution in [2.75, 3.05) is 18.0 Å². The third-order valence-electron chi connectivity index (χ3n) is 4.29. The summed E-state index contributed by atoms with van der Waals surface area (Å²) in [6.07, 6.45) is 5.52. The van der Waals surface area contributed by atoms with Crippen LogP contribution in [0.3, 0.4) is 0 Å². The number of fused-ring (bicyclic) bond motifs is 1. The number of carbonyl (C=O) groups is 1. The second-order valence-corrected chi connectivity index (χ2v) is 5.68. The molecular weight excluding hydrogens is 236 g/mol. The van der Waals surface area contributed by atoms with Crippen molar-refractivity contribution in [1.82, 2.24) is 5.32 Å². The molecule has 0 unspecified atom stereocenters. The van der Waals surface area contributed by atoms with Crippen molar-refractivity contribution in [2.24, 2.45) is 0 Å². The van der Waals surface area contributed by atoms with Gasteiger partial charge in [0.25, 0.3) is 0 Å². The number of piperidine rings is 1. The van der Waals surface area contributed by atoms with Gasteiger partial charge in [0.05, 0.1) is 6.04 Å². The number of hydrogen-bond donors (Lipinski definition) is 1. The third-order valence-corrected chi connectivity index (χ3v) is 4.29. The topological polar surface area (TPSA) is 32.3 Å². The molecule has 2 heterocycles. The van der Waals surface area contributed by atoms with Crippen LogP contribution in [-0.2, 0) is 11.2 Å². The summed E-state index contributed by atoms with van der Waals surface area (Å²) in [6.45, 7) is 3.96. The number of para-hydroxylation sites is 1. The number of amides is 1. The number of carbonyl (C=O) groups excluding carboxylic acids is 1. The van der Waals surface area contributed by atoms with Crippen LogP contribution in [0.2, 0.25) is 0 Å². The van der Waals surface area contributed by atoms with E-state index in [1.807, 2.05) is 4.90 Å². The molecule has 1 atom stereocenters. The Morgan fingerprint density at radius 3 is 3.00 bits per heavy atom. The van der Waals surface area contributed by atoms with E-state index >= 15 is 0 Å². The van der Waals surface area contributed by atoms with Crippen LogP contribution >= 0.6 is 0 Å². The van der Waals surface area contributed by atoms with Crippen LogP contribution < -0.4 is 10.2 Å². The first-order valence-electron chi connectivity index (χ1n) is 7.40. The van der Waals surface area contributed by atoms with Crippen molar-refractivity contribution >= 4 is 11.6 Å². The van der Waals surface area contributed by atoms with Crippen molar-refractivity contribution in [2.45, 2.75) is 45.1 Å². The fourth-order valence-corrected chi connectivity index (χ4v) is 3.32. The highest BCUT2D eigenvalue weighted by Crippen LogP contribution is 2.31. The first kappa shape index (κ1) is 12.7. The summed E-state index contributed by atoms with van der Waals surface area (Å²) in [7, 11) is 0. The van der Waals surface area contributed by atoms with Crippen LogP contribution in [0.4, 0.5) is 5.69 Å². The number of rotatable bonds is 1. The molecule has 0 aliphatic carbocycles. The van der Waals surface area contributed by atoms with Crippen LogP contribution in [0.25, 0.3) is 0 Å². The zero-order valence-electron chi connectivity index (χ0n) is 11.6. The highest BCUT2D eigenvalue weighted by atomic mass is 16.2. The molecule has 0 spiro atoms. The Kier molecular flexibility index (Phi) is 3.56. The molecule has 3 nitrogen and oxygen atoms in total. The van der Waals surface area contributed by atoms with Gasteiger partial charge in [-0.15, -0.1) is 0 Å². The van der Waals surface area contributed by atoms with Crippen LogP contribution in [0.5, 0.6) is 0 Å². The molecule has 1 saturated heterocycles. The smallest absolute Gasteiger partial charge is 0.244 e. The minimum atomic E-state index is 0.0271. The minimum absolute atomic E-state index is 0.0271. The van der Waals surface area contributed by atoms with Gasteiger partial charge >= 0.3 is 0 Å². The van der Waals surface area contributed by atoms with Gasteiger partial charge in [-0.3, -0.25) is 4.79 Å². The molecule has 0 saturated carbocycles. The van der Waals surface area contributed by atoms with Gasteiger partial charge in [-0.1, -0.05) is 24.6 Å². The van der Waals surface area contributed by atoms with Crippen LogP contribution in [-0.4, -0.2) is 25.0 Å². The van der Waals surface area contributed by atoms with E-state index in [0.29, 0.717) is 0 Å². The SMILES string of the molecule is Cc1cccc2c1N(C(=O)[C@@H]1CCCCN1)CCC2. The summed E-state index contributed by atoms with van der Waals surface area (Å²) in [5.74, 6) is 0.273. The lowest BCUT2D eigenvalue weighted by Gasteiger charge is -2.35. The fourth-order valence-electron chi connectivity index (χ4n) is 3.32. The molecule has 0 radical (unpaired) electrons. The van der Waals surface area contributed by atoms with Crippen molar-refractivity contribution in [3.05, 3.63) is 29.3 Å². The highest BCUT2D eigenvalue weighted by molar-refractivity contribution is 5.99. The molecule has 0 bridgehead atoms. The molecule has 1 N–H and O–H groups in total. The molecule has 3 heteroatoms. The highest BCUT2D eigenvalue weighted by Gasteiger charge is 2.30. The van der Waals surface area contributed by atoms with E-state index in [0.717, 1.165) is 38.8 Å². The standard InChI is InChI=1S/C16H22N2O/c1-12-6-4-7-13-8-5-11-18(15(12)13)16(19)14-9-2-3-10-17-14/h4,6-7,14,17H,2-3,5,8-11H2,1H3/t14-/m0/s1. The van der Waals surface area contributed by atoms with Crippen molar-refractivity contribution < 1.29 is 4.79 Å². The number of hydrogen-bond acceptors (Lipinski definition) is 2. The minimum Gasteiger partial charge on any atom is -0.311 e. The average Bonchev–Trinajstić information content (AvgIpc) is 2.47. The molecule has 3 rings (SSSR count). The second-order valence-electron chi connectivity index (χ2n) is 5.68. The molecule has 1 fully saturated rings. The van der Waals surface area contributed by atoms with Crippen LogP contribution in [0.1, 0.15) is 36.8 Å². The summed E-state index contributed by atoms with van der Waals surface area (Å²) in [6, 6.07) is 6.40. The summed E-state index contributed by atoms with van der Waals surface area (Å²) in [5.41, 5.74) is 3.72. The lowest BCUT2D eigenvalue weighted by atomic mass is 9.96. The molecule has 2 aliphatic heterocycles. The lowest BCUT2D eigenvalue weighted by molar-refractivity contribution is -0.121. The summed E-state index contributed by atoms with van der Waals surface area (Å²) >= 11 is 0. The van der Waals surface area contributed by atoms with Crippen LogP contribution in [0, 0.1) is 6.92 Å². The van der Waals surface area contributed by atoms with E-state index in [9.17, 15) is 4.79 Å². The quantitative estimate of drug-likeness (QED) is 0.839. The maximum atomic E-state index is 12.7. The van der Waals surface area contributed by atoms with E-state index in [1.165, 1.54) is 23.2 Å². The first-order valence-corrected chi connectivity index (χ1v) is 7.40. The lowest BCUT2D eigenvalue weighted by Crippen LogP contribution is -2.50. The normalized spacial score (nSPS) is 23.0. The molecule has 1 aromatic rings. The Balaban J connectivity index is 1.88. The number of anilines is 1. The molecule has 1 amide bonds. The van der Waals surface area contributed by atoms with Crippen molar-refractivity contribution in [1.29, 1.82) is 0 Å². The molecule has 19 heavy (non-hydrogen) atoms. The number of benzene rings is 1. The zero-order chi connectivity index (χ0) is 13.2. The maximum absolute atomic E-state index is 12.7. The fraction of sp³-hybridized carbons (Fsp3) is 0.562. The predicted molar refractivity (Wildman–Crippen MR) is 77.5 cm³/mol. The largest absolute Gasteiger partial charge is 0.311 e. The van der Waals surface area contributed by atoms with Gasteiger partial charge in [0.2, 0.25) is 5.91 Å². The van der Waals surface area contributed by atoms with Gasteiger partial charge < -0.3 is 10.2 Å². The first-order chi connectivity index (χ1) is 9.27. The Bertz CT molecular complexity index is 478. The Morgan fingerprint density at radius 1 is 1.32 bits per heavy atom. The zero-order valence-corrected chi connectivity index (χ0v) is 11.6. The average molecular weight is 258 g/mol. The Labute approximate surface area is 115 Å². The third kappa shape index (κ3) is 2.39. The van der Waals surface area contributed by atoms with Crippen molar-refractivity contribution in [3.8, 4) is 0 Å². The molecule has 2 aliphatic rings. The van der Waals surface area contributed by atoms with Crippen LogP contribution in [0.15, 0.2) is 18.2 Å². The summed E-state index contributed by atoms with van der Waals surface area (Å²) in [4.78, 5) is 14.8. The van der Waals surface area contributed by atoms with Gasteiger partial charge in [0.15, 0.2) is 0 Å². The van der Waals surface area contributed by atoms with E-state index in [1.54, 1.807) is 0 Å². The van der Waals surface area contributed by atoms with E-state index in [-0.39, 0.29) is 11.9 Å². The predicted octanol–water partition coefficient (Wildman–Crippen LogP) is 2.42. The number of nitrogens with one attached hydrogen (secondary N) is 1. The monoisotopic (exact) mass is 258 g/mol. The number of nitrogens with zero attached hydrogens (tertiary/aromatic N) is 1. The number of aryl methyl sites for hydroxylation is 2. The van der Waals surface area contributed by atoms with E-state index in [2.05, 4.69) is 30.4 Å². The van der Waals surface area contributed by atoms with Gasteiger partial charge in [0, 0.05) is 12.2 Å². The van der Waals surface area contributed by atoms with Gasteiger partial charge in [-0.05, 0) is 50.3 Å². The van der Waals surface area contributed by atoms with E-state index < -0.39 is 0 Å². The summed E-state index contributed by atoms with van der Waals surface area (Å²) < 4.78 is 0. The second kappa shape index (κ2) is 5.33. The Hall–Kier alpha value is -1.35. The maximum Gasteiger partial charge on any atom is 0.244 e. The van der Waals surface area contributed by atoms with Gasteiger partial charge in [-0.25, -0.2) is 0 Å². The molecule has 1 aromatic carbocycles.